The SMILES string of the molecule is C=CCCC(=O)N(C)[C@@H](C)[C@@H](OC(=O)[C@@H]1[C@H]2O[C@@]3(CC2Br)[C@H](C(=O)N(CC=C)CCCCC)N([C@@H](CO)[C@@H](C)CC)C(=O)[C@@H]13)c1ccccc1. The first-order chi connectivity index (χ1) is 23.9. The van der Waals surface area contributed by atoms with E-state index in [1.165, 1.54) is 0 Å². The fourth-order valence-electron chi connectivity index (χ4n) is 8.08. The smallest absolute Gasteiger partial charge is 0.313 e. The summed E-state index contributed by atoms with van der Waals surface area (Å²) in [5, 5.41) is 10.7. The Bertz CT molecular complexity index is 1380. The number of aliphatic hydroxyl groups excluding tert-OH is 1. The Morgan fingerprint density at radius 3 is 2.46 bits per heavy atom. The lowest BCUT2D eigenvalue weighted by molar-refractivity contribution is -0.165. The maximum Gasteiger partial charge on any atom is 0.313 e. The Morgan fingerprint density at radius 1 is 1.16 bits per heavy atom. The van der Waals surface area contributed by atoms with Crippen LogP contribution < -0.4 is 0 Å². The standard InChI is InChI=1S/C39H56BrN3O7/c1-8-12-17-22-42(21-10-3)37(47)35-39-23-28(40)34(50-39)31(32(39)36(46)43(35)29(24-44)25(5)11-4)38(48)49-33(27-18-15-14-16-19-27)26(6)41(7)30(45)20-13-9-2/h9-10,14-16,18-19,25-26,28-29,31-35,44H,2-3,8,11-13,17,20-24H2,1,4-7H3/t25-,26-,28?,29-,31-,32+,33+,34-,35-,39+/m0/s1. The van der Waals surface area contributed by atoms with Crippen molar-refractivity contribution in [2.45, 2.75) is 113 Å². The quantitative estimate of drug-likeness (QED) is 0.0865. The van der Waals surface area contributed by atoms with Gasteiger partial charge in [-0.2, -0.15) is 0 Å². The molecular formula is C39H56BrN3O7. The molecule has 0 aliphatic carbocycles. The number of ether oxygens (including phenoxy) is 2. The first-order valence-corrected chi connectivity index (χ1v) is 19.1. The summed E-state index contributed by atoms with van der Waals surface area (Å²) in [7, 11) is 1.69. The van der Waals surface area contributed by atoms with Crippen LogP contribution in [0.4, 0.5) is 0 Å². The van der Waals surface area contributed by atoms with E-state index in [9.17, 15) is 24.3 Å². The van der Waals surface area contributed by atoms with Gasteiger partial charge in [-0.3, -0.25) is 19.2 Å². The van der Waals surface area contributed by atoms with Gasteiger partial charge in [-0.05, 0) is 37.7 Å². The van der Waals surface area contributed by atoms with E-state index in [0.29, 0.717) is 37.9 Å². The number of rotatable bonds is 19. The van der Waals surface area contributed by atoms with E-state index in [1.54, 1.807) is 33.9 Å². The summed E-state index contributed by atoms with van der Waals surface area (Å²) in [6, 6.07) is 7.05. The van der Waals surface area contributed by atoms with Gasteiger partial charge in [0.05, 0.1) is 36.6 Å². The number of esters is 1. The fraction of sp³-hybridized carbons (Fsp3) is 0.641. The van der Waals surface area contributed by atoms with Crippen molar-refractivity contribution >= 4 is 39.6 Å². The van der Waals surface area contributed by atoms with Gasteiger partial charge in [0.25, 0.3) is 0 Å². The number of benzene rings is 1. The second-order valence-electron chi connectivity index (χ2n) is 14.2. The normalized spacial score (nSPS) is 27.6. The van der Waals surface area contributed by atoms with Gasteiger partial charge in [-0.15, -0.1) is 13.2 Å². The number of aliphatic hydroxyl groups is 1. The second kappa shape index (κ2) is 17.5. The van der Waals surface area contributed by atoms with Gasteiger partial charge in [0.1, 0.15) is 17.7 Å². The van der Waals surface area contributed by atoms with Crippen molar-refractivity contribution in [3.63, 3.8) is 0 Å². The highest BCUT2D eigenvalue weighted by Gasteiger charge is 2.77. The number of fused-ring (bicyclic) bond motifs is 1. The van der Waals surface area contributed by atoms with E-state index in [0.717, 1.165) is 19.3 Å². The molecule has 3 heterocycles. The van der Waals surface area contributed by atoms with Gasteiger partial charge >= 0.3 is 5.97 Å². The highest BCUT2D eigenvalue weighted by Crippen LogP contribution is 2.61. The topological polar surface area (TPSA) is 117 Å². The lowest BCUT2D eigenvalue weighted by atomic mass is 9.70. The number of halogens is 1. The molecule has 10 atom stereocenters. The molecular weight excluding hydrogens is 702 g/mol. The minimum absolute atomic E-state index is 0.108. The largest absolute Gasteiger partial charge is 0.455 e. The van der Waals surface area contributed by atoms with Crippen LogP contribution in [0.2, 0.25) is 0 Å². The van der Waals surface area contributed by atoms with Crippen molar-refractivity contribution in [3.05, 3.63) is 61.2 Å². The molecule has 11 heteroatoms. The van der Waals surface area contributed by atoms with Crippen molar-refractivity contribution < 1.29 is 33.8 Å². The van der Waals surface area contributed by atoms with Crippen LogP contribution in [0.25, 0.3) is 0 Å². The predicted octanol–water partition coefficient (Wildman–Crippen LogP) is 5.44. The van der Waals surface area contributed by atoms with Crippen LogP contribution in [0.3, 0.4) is 0 Å². The lowest BCUT2D eigenvalue weighted by Gasteiger charge is -2.41. The average molecular weight is 759 g/mol. The van der Waals surface area contributed by atoms with Crippen LogP contribution in [0.15, 0.2) is 55.6 Å². The van der Waals surface area contributed by atoms with E-state index in [4.69, 9.17) is 9.47 Å². The molecule has 4 rings (SSSR count). The first kappa shape index (κ1) is 39.8. The molecule has 0 saturated carbocycles. The number of likely N-dealkylation sites (tertiary alicyclic amines) is 1. The summed E-state index contributed by atoms with van der Waals surface area (Å²) in [5.41, 5.74) is -0.588. The molecule has 1 aromatic rings. The number of hydrogen-bond donors (Lipinski definition) is 1. The van der Waals surface area contributed by atoms with E-state index in [2.05, 4.69) is 36.0 Å². The summed E-state index contributed by atoms with van der Waals surface area (Å²) in [5.74, 6) is -3.48. The number of alkyl halides is 1. The Balaban J connectivity index is 1.76. The maximum absolute atomic E-state index is 14.8. The lowest BCUT2D eigenvalue weighted by Crippen LogP contribution is -2.60. The van der Waals surface area contributed by atoms with E-state index >= 15 is 0 Å². The molecule has 0 radical (unpaired) electrons. The van der Waals surface area contributed by atoms with Crippen LogP contribution in [0, 0.1) is 17.8 Å². The number of allylic oxidation sites excluding steroid dienone is 1. The summed E-state index contributed by atoms with van der Waals surface area (Å²) >= 11 is 3.76. The molecule has 3 aliphatic rings. The van der Waals surface area contributed by atoms with Gasteiger partial charge in [-0.25, -0.2) is 0 Å². The molecule has 0 aromatic heterocycles. The van der Waals surface area contributed by atoms with Gasteiger partial charge in [0, 0.05) is 31.4 Å². The van der Waals surface area contributed by atoms with E-state index in [-0.39, 0.29) is 41.5 Å². The first-order valence-electron chi connectivity index (χ1n) is 18.2. The highest BCUT2D eigenvalue weighted by molar-refractivity contribution is 9.09. The molecule has 3 aliphatic heterocycles. The predicted molar refractivity (Wildman–Crippen MR) is 196 cm³/mol. The minimum Gasteiger partial charge on any atom is -0.455 e. The van der Waals surface area contributed by atoms with E-state index < -0.39 is 53.7 Å². The third-order valence-electron chi connectivity index (χ3n) is 11.1. The molecule has 50 heavy (non-hydrogen) atoms. The van der Waals surface area contributed by atoms with Gasteiger partial charge in [0.2, 0.25) is 17.7 Å². The average Bonchev–Trinajstić information content (AvgIpc) is 3.72. The molecule has 1 unspecified atom stereocenters. The number of carbonyl (C=O) groups is 4. The van der Waals surface area contributed by atoms with Gasteiger partial charge in [0.15, 0.2) is 0 Å². The Labute approximate surface area is 306 Å². The third-order valence-corrected chi connectivity index (χ3v) is 12.0. The third kappa shape index (κ3) is 7.60. The number of likely N-dealkylation sites (N-methyl/N-ethyl adjacent to an activating group) is 1. The number of carbonyl (C=O) groups excluding carboxylic acids is 4. The van der Waals surface area contributed by atoms with Crippen LogP contribution >= 0.6 is 15.9 Å². The maximum atomic E-state index is 14.8. The Hall–Kier alpha value is -3.02. The molecule has 2 bridgehead atoms. The van der Waals surface area contributed by atoms with Crippen molar-refractivity contribution in [2.75, 3.05) is 26.7 Å². The van der Waals surface area contributed by atoms with E-state index in [1.807, 2.05) is 51.1 Å². The zero-order chi connectivity index (χ0) is 36.7. The Kier molecular flexibility index (Phi) is 13.9. The molecule has 3 amide bonds. The summed E-state index contributed by atoms with van der Waals surface area (Å²) in [6.07, 6.45) is 6.38. The molecule has 1 aromatic carbocycles. The molecule has 1 N–H and O–H groups in total. The molecule has 276 valence electrons. The van der Waals surface area contributed by atoms with Crippen molar-refractivity contribution in [1.29, 1.82) is 0 Å². The fourth-order valence-corrected chi connectivity index (χ4v) is 9.03. The van der Waals surface area contributed by atoms with Crippen molar-refractivity contribution in [1.82, 2.24) is 14.7 Å². The monoisotopic (exact) mass is 757 g/mol. The van der Waals surface area contributed by atoms with Crippen molar-refractivity contribution in [3.8, 4) is 0 Å². The molecule has 3 saturated heterocycles. The number of nitrogens with zero attached hydrogens (tertiary/aromatic N) is 3. The number of amides is 3. The van der Waals surface area contributed by atoms with Gasteiger partial charge < -0.3 is 29.3 Å². The van der Waals surface area contributed by atoms with Crippen molar-refractivity contribution in [2.24, 2.45) is 17.8 Å². The van der Waals surface area contributed by atoms with Crippen LogP contribution in [-0.4, -0.2) is 105 Å². The summed E-state index contributed by atoms with van der Waals surface area (Å²) in [4.78, 5) is 61.7. The molecule has 1 spiro atoms. The van der Waals surface area contributed by atoms with Gasteiger partial charge in [-0.1, -0.05) is 98.4 Å². The zero-order valence-electron chi connectivity index (χ0n) is 30.3. The molecule has 3 fully saturated rings. The zero-order valence-corrected chi connectivity index (χ0v) is 31.9. The summed E-state index contributed by atoms with van der Waals surface area (Å²) < 4.78 is 13.1. The highest BCUT2D eigenvalue weighted by atomic mass is 79.9. The minimum atomic E-state index is -1.30. The summed E-state index contributed by atoms with van der Waals surface area (Å²) in [6.45, 7) is 15.9. The van der Waals surface area contributed by atoms with Crippen LogP contribution in [-0.2, 0) is 28.7 Å². The Morgan fingerprint density at radius 2 is 1.86 bits per heavy atom. The second-order valence-corrected chi connectivity index (χ2v) is 15.3. The molecule has 10 nitrogen and oxygen atoms in total. The number of unbranched alkanes of at least 4 members (excludes halogenated alkanes) is 2. The van der Waals surface area contributed by atoms with Crippen LogP contribution in [0.1, 0.15) is 84.3 Å². The number of hydrogen-bond acceptors (Lipinski definition) is 7. The van der Waals surface area contributed by atoms with Crippen LogP contribution in [0.5, 0.6) is 0 Å².